The Morgan fingerprint density at radius 3 is 2.40 bits per heavy atom. The lowest BCUT2D eigenvalue weighted by molar-refractivity contribution is 0.101. The molecule has 0 spiro atoms. The number of hydrogen-bond acceptors (Lipinski definition) is 8. The van der Waals surface area contributed by atoms with E-state index >= 15 is 0 Å². The summed E-state index contributed by atoms with van der Waals surface area (Å²) in [7, 11) is 0.439. The van der Waals surface area contributed by atoms with Crippen molar-refractivity contribution in [3.8, 4) is 28.4 Å². The molecular formula is C33H27F2N7O4S. The number of ether oxygens (including phenoxy) is 1. The van der Waals surface area contributed by atoms with Gasteiger partial charge in [-0.2, -0.15) is 0 Å². The van der Waals surface area contributed by atoms with E-state index < -0.39 is 33.1 Å². The Labute approximate surface area is 268 Å². The fourth-order valence-corrected chi connectivity index (χ4v) is 6.00. The van der Waals surface area contributed by atoms with Crippen LogP contribution in [0.15, 0.2) is 102 Å². The van der Waals surface area contributed by atoms with Crippen LogP contribution in [0.5, 0.6) is 5.75 Å². The van der Waals surface area contributed by atoms with E-state index in [2.05, 4.69) is 15.6 Å². The molecule has 0 aliphatic rings. The van der Waals surface area contributed by atoms with E-state index in [1.165, 1.54) is 39.4 Å². The Balaban J connectivity index is 1.38. The summed E-state index contributed by atoms with van der Waals surface area (Å²) in [6.45, 7) is 0. The van der Waals surface area contributed by atoms with Crippen LogP contribution < -0.4 is 15.4 Å². The molecule has 0 aliphatic carbocycles. The molecule has 3 aromatic heterocycles. The number of halogens is 2. The van der Waals surface area contributed by atoms with Gasteiger partial charge in [0.05, 0.1) is 24.2 Å². The molecule has 0 unspecified atom stereocenters. The van der Waals surface area contributed by atoms with E-state index in [0.717, 1.165) is 16.4 Å². The second kappa shape index (κ2) is 12.6. The second-order valence-electron chi connectivity index (χ2n) is 10.4. The standard InChI is InChI=1S/C33H27F2N7O4S/c1-41(2)47(44,45)27-19-22(13-14-26(27)46-3)38-33-36-16-15-25(39-33)31-30(40-28-12-4-5-17-42(28)31)20-8-6-9-21(18-20)37-32(43)29-23(34)10-7-11-24(29)35/h4-19H,1-3H3,(H,37,43)(H,36,38,39). The first-order valence-electron chi connectivity index (χ1n) is 14.1. The molecule has 3 aromatic carbocycles. The second-order valence-corrected chi connectivity index (χ2v) is 12.5. The highest BCUT2D eigenvalue weighted by Gasteiger charge is 2.24. The minimum absolute atomic E-state index is 0.0278. The number of nitrogens with one attached hydrogen (secondary N) is 2. The number of aromatic nitrogens is 4. The van der Waals surface area contributed by atoms with Crippen molar-refractivity contribution in [3.63, 3.8) is 0 Å². The third-order valence-corrected chi connectivity index (χ3v) is 9.03. The van der Waals surface area contributed by atoms with Gasteiger partial charge in [0.25, 0.3) is 5.91 Å². The fourth-order valence-electron chi connectivity index (χ4n) is 4.93. The van der Waals surface area contributed by atoms with Gasteiger partial charge in [-0.15, -0.1) is 0 Å². The van der Waals surface area contributed by atoms with Crippen molar-refractivity contribution in [1.82, 2.24) is 23.7 Å². The highest BCUT2D eigenvalue weighted by Crippen LogP contribution is 2.34. The summed E-state index contributed by atoms with van der Waals surface area (Å²) in [6, 6.07) is 21.8. The van der Waals surface area contributed by atoms with Crippen LogP contribution >= 0.6 is 0 Å². The van der Waals surface area contributed by atoms with Gasteiger partial charge in [0.15, 0.2) is 0 Å². The minimum Gasteiger partial charge on any atom is -0.495 e. The fraction of sp³-hybridized carbons (Fsp3) is 0.0909. The van der Waals surface area contributed by atoms with E-state index in [4.69, 9.17) is 14.7 Å². The number of amides is 1. The van der Waals surface area contributed by atoms with Gasteiger partial charge in [0, 0.05) is 43.4 Å². The predicted octanol–water partition coefficient (Wildman–Crippen LogP) is 5.99. The number of carbonyl (C=O) groups is 1. The maximum absolute atomic E-state index is 14.2. The summed E-state index contributed by atoms with van der Waals surface area (Å²) in [5.74, 6) is -2.50. The SMILES string of the molecule is COc1ccc(Nc2nccc(-c3c(-c4cccc(NC(=O)c5c(F)cccc5F)c4)nc4ccccn34)n2)cc1S(=O)(=O)N(C)C. The van der Waals surface area contributed by atoms with Gasteiger partial charge in [0.1, 0.15) is 33.5 Å². The molecule has 0 radical (unpaired) electrons. The Morgan fingerprint density at radius 1 is 0.894 bits per heavy atom. The van der Waals surface area contributed by atoms with Crippen LogP contribution in [0.3, 0.4) is 0 Å². The molecule has 1 amide bonds. The van der Waals surface area contributed by atoms with Gasteiger partial charge < -0.3 is 15.4 Å². The number of nitrogens with zero attached hydrogens (tertiary/aromatic N) is 5. The highest BCUT2D eigenvalue weighted by molar-refractivity contribution is 7.89. The van der Waals surface area contributed by atoms with Crippen molar-refractivity contribution >= 4 is 38.9 Å². The normalized spacial score (nSPS) is 11.5. The smallest absolute Gasteiger partial charge is 0.261 e. The average Bonchev–Trinajstić information content (AvgIpc) is 3.45. The molecule has 0 aliphatic heterocycles. The Kier molecular flexibility index (Phi) is 8.36. The van der Waals surface area contributed by atoms with Crippen LogP contribution in [-0.2, 0) is 10.0 Å². The minimum atomic E-state index is -3.82. The Hall–Kier alpha value is -5.73. The molecule has 0 fully saturated rings. The zero-order valence-corrected chi connectivity index (χ0v) is 26.1. The first-order chi connectivity index (χ1) is 22.6. The summed E-state index contributed by atoms with van der Waals surface area (Å²) < 4.78 is 62.6. The lowest BCUT2D eigenvalue weighted by Gasteiger charge is -2.16. The molecule has 47 heavy (non-hydrogen) atoms. The van der Waals surface area contributed by atoms with Crippen molar-refractivity contribution in [3.05, 3.63) is 115 Å². The maximum atomic E-state index is 14.2. The molecule has 6 aromatic rings. The highest BCUT2D eigenvalue weighted by atomic mass is 32.2. The number of sulfonamides is 1. The molecule has 14 heteroatoms. The van der Waals surface area contributed by atoms with Crippen molar-refractivity contribution < 1.29 is 26.7 Å². The zero-order chi connectivity index (χ0) is 33.3. The van der Waals surface area contributed by atoms with Crippen LogP contribution in [-0.4, -0.2) is 59.2 Å². The molecule has 238 valence electrons. The van der Waals surface area contributed by atoms with Crippen LogP contribution in [0, 0.1) is 11.6 Å². The van der Waals surface area contributed by atoms with Crippen molar-refractivity contribution in [2.75, 3.05) is 31.8 Å². The van der Waals surface area contributed by atoms with Crippen LogP contribution in [0.2, 0.25) is 0 Å². The molecule has 2 N–H and O–H groups in total. The molecule has 0 bridgehead atoms. The molecule has 6 rings (SSSR count). The van der Waals surface area contributed by atoms with Crippen LogP contribution in [0.25, 0.3) is 28.3 Å². The zero-order valence-electron chi connectivity index (χ0n) is 25.3. The molecule has 11 nitrogen and oxygen atoms in total. The molecule has 0 atom stereocenters. The number of benzene rings is 3. The number of imidazole rings is 1. The molecule has 3 heterocycles. The van der Waals surface area contributed by atoms with Gasteiger partial charge in [-0.25, -0.2) is 36.5 Å². The number of fused-ring (bicyclic) bond motifs is 1. The lowest BCUT2D eigenvalue weighted by Crippen LogP contribution is -2.22. The number of rotatable bonds is 9. The molecular weight excluding hydrogens is 628 g/mol. The maximum Gasteiger partial charge on any atom is 0.261 e. The van der Waals surface area contributed by atoms with E-state index in [1.807, 2.05) is 28.8 Å². The van der Waals surface area contributed by atoms with Crippen LogP contribution in [0.4, 0.5) is 26.1 Å². The summed E-state index contributed by atoms with van der Waals surface area (Å²) in [4.78, 5) is 26.6. The van der Waals surface area contributed by atoms with Crippen molar-refractivity contribution in [2.24, 2.45) is 0 Å². The van der Waals surface area contributed by atoms with Crippen molar-refractivity contribution in [2.45, 2.75) is 4.90 Å². The number of hydrogen-bond donors (Lipinski definition) is 2. The monoisotopic (exact) mass is 655 g/mol. The quantitative estimate of drug-likeness (QED) is 0.194. The largest absolute Gasteiger partial charge is 0.495 e. The summed E-state index contributed by atoms with van der Waals surface area (Å²) in [6.07, 6.45) is 3.38. The summed E-state index contributed by atoms with van der Waals surface area (Å²) in [5, 5.41) is 5.64. The van der Waals surface area contributed by atoms with E-state index in [1.54, 1.807) is 42.6 Å². The summed E-state index contributed by atoms with van der Waals surface area (Å²) in [5.41, 5.74) is 2.82. The van der Waals surface area contributed by atoms with Gasteiger partial charge in [-0.3, -0.25) is 9.20 Å². The lowest BCUT2D eigenvalue weighted by atomic mass is 10.1. The molecule has 0 saturated carbocycles. The molecule has 0 saturated heterocycles. The van der Waals surface area contributed by atoms with E-state index in [-0.39, 0.29) is 16.6 Å². The van der Waals surface area contributed by atoms with E-state index in [0.29, 0.717) is 39.7 Å². The number of methoxy groups -OCH3 is 1. The Bertz CT molecular complexity index is 2240. The predicted molar refractivity (Wildman–Crippen MR) is 173 cm³/mol. The summed E-state index contributed by atoms with van der Waals surface area (Å²) >= 11 is 0. The first kappa shape index (κ1) is 31.3. The number of anilines is 3. The van der Waals surface area contributed by atoms with Gasteiger partial charge >= 0.3 is 0 Å². The Morgan fingerprint density at radius 2 is 1.66 bits per heavy atom. The van der Waals surface area contributed by atoms with Gasteiger partial charge in [-0.1, -0.05) is 24.3 Å². The van der Waals surface area contributed by atoms with Gasteiger partial charge in [-0.05, 0) is 60.7 Å². The van der Waals surface area contributed by atoms with Gasteiger partial charge in [0.2, 0.25) is 16.0 Å². The first-order valence-corrected chi connectivity index (χ1v) is 15.5. The number of pyridine rings is 1. The average molecular weight is 656 g/mol. The third kappa shape index (κ3) is 6.11. The topological polar surface area (TPSA) is 131 Å². The third-order valence-electron chi connectivity index (χ3n) is 7.19. The van der Waals surface area contributed by atoms with E-state index in [9.17, 15) is 22.0 Å². The number of carbonyl (C=O) groups excluding carboxylic acids is 1. The van der Waals surface area contributed by atoms with Crippen molar-refractivity contribution in [1.29, 1.82) is 0 Å². The van der Waals surface area contributed by atoms with Crippen LogP contribution in [0.1, 0.15) is 10.4 Å².